The summed E-state index contributed by atoms with van der Waals surface area (Å²) in [5.74, 6) is -0.706. The lowest BCUT2D eigenvalue weighted by atomic mass is 9.82. The average Bonchev–Trinajstić information content (AvgIpc) is 2.92. The Kier molecular flexibility index (Phi) is 10.5. The first-order valence-corrected chi connectivity index (χ1v) is 13.6. The van der Waals surface area contributed by atoms with Crippen LogP contribution in [-0.4, -0.2) is 28.8 Å². The molecule has 222 valence electrons. The molecule has 1 atom stereocenters. The fourth-order valence-corrected chi connectivity index (χ4v) is 4.57. The van der Waals surface area contributed by atoms with Gasteiger partial charge in [-0.25, -0.2) is 23.5 Å². The second-order valence-corrected chi connectivity index (χ2v) is 11.7. The molecule has 0 bridgehead atoms. The Morgan fingerprint density at radius 1 is 0.833 bits per heavy atom. The van der Waals surface area contributed by atoms with Crippen LogP contribution in [0.2, 0.25) is 10.3 Å². The van der Waals surface area contributed by atoms with Crippen molar-refractivity contribution in [1.82, 2.24) is 15.3 Å². The number of ether oxygens (including phenoxy) is 1. The van der Waals surface area contributed by atoms with Crippen molar-refractivity contribution in [2.24, 2.45) is 5.73 Å². The van der Waals surface area contributed by atoms with E-state index in [0.29, 0.717) is 28.1 Å². The number of hydrogen-bond acceptors (Lipinski definition) is 5. The van der Waals surface area contributed by atoms with Gasteiger partial charge in [-0.1, -0.05) is 50.9 Å². The number of alkyl carbamates (subject to hydrolysis) is 1. The maximum Gasteiger partial charge on any atom is 0.408 e. The van der Waals surface area contributed by atoms with E-state index in [-0.39, 0.29) is 40.9 Å². The normalized spacial score (nSPS) is 12.3. The van der Waals surface area contributed by atoms with Gasteiger partial charge in [0, 0.05) is 28.5 Å². The summed E-state index contributed by atoms with van der Waals surface area (Å²) in [4.78, 5) is 21.5. The molecule has 3 N–H and O–H groups in total. The molecule has 0 radical (unpaired) electrons. The quantitative estimate of drug-likeness (QED) is 0.151. The smallest absolute Gasteiger partial charge is 0.408 e. The topological polar surface area (TPSA) is 90.1 Å². The van der Waals surface area contributed by atoms with E-state index in [0.717, 1.165) is 5.56 Å². The highest BCUT2D eigenvalue weighted by Gasteiger charge is 2.33. The molecule has 0 saturated carbocycles. The Bertz CT molecular complexity index is 1550. The Morgan fingerprint density at radius 3 is 1.74 bits per heavy atom. The number of hydrogen-bond donors (Lipinski definition) is 2. The lowest BCUT2D eigenvalue weighted by Crippen LogP contribution is -2.47. The van der Waals surface area contributed by atoms with Crippen LogP contribution in [0.15, 0.2) is 72.8 Å². The molecule has 2 aromatic heterocycles. The van der Waals surface area contributed by atoms with Crippen molar-refractivity contribution < 1.29 is 18.3 Å². The number of nitrogens with zero attached hydrogens (tertiary/aromatic N) is 2. The summed E-state index contributed by atoms with van der Waals surface area (Å²) < 4.78 is 32.3. The molecule has 0 spiro atoms. The fraction of sp³-hybridized carbons (Fsp3) is 0.258. The van der Waals surface area contributed by atoms with Gasteiger partial charge in [-0.2, -0.15) is 0 Å². The Balaban J connectivity index is 0.00000484. The lowest BCUT2D eigenvalue weighted by Gasteiger charge is -2.32. The minimum atomic E-state index is -1.04. The molecule has 2 aromatic carbocycles. The molecule has 1 amide bonds. The van der Waals surface area contributed by atoms with Gasteiger partial charge < -0.3 is 10.1 Å². The van der Waals surface area contributed by atoms with E-state index in [9.17, 15) is 13.6 Å². The van der Waals surface area contributed by atoms with Gasteiger partial charge in [0.1, 0.15) is 21.9 Å². The van der Waals surface area contributed by atoms with Crippen LogP contribution in [-0.2, 0) is 15.6 Å². The number of nitrogens with one attached hydrogen (secondary N) is 1. The van der Waals surface area contributed by atoms with Gasteiger partial charge in [0.05, 0.1) is 11.4 Å². The number of carbonyl (C=O) groups excluding carboxylic acids is 1. The molecule has 0 aliphatic rings. The van der Waals surface area contributed by atoms with Crippen LogP contribution in [0.1, 0.15) is 38.8 Å². The predicted molar refractivity (Wildman–Crippen MR) is 165 cm³/mol. The first-order chi connectivity index (χ1) is 19.2. The third-order valence-corrected chi connectivity index (χ3v) is 7.40. The summed E-state index contributed by atoms with van der Waals surface area (Å²) in [7, 11) is 0. The van der Waals surface area contributed by atoms with Crippen LogP contribution in [0.25, 0.3) is 22.5 Å². The molecule has 2 heterocycles. The van der Waals surface area contributed by atoms with Crippen molar-refractivity contribution in [3.05, 3.63) is 106 Å². The van der Waals surface area contributed by atoms with Crippen molar-refractivity contribution in [3.63, 3.8) is 0 Å². The second kappa shape index (κ2) is 13.3. The first-order valence-electron chi connectivity index (χ1n) is 12.8. The van der Waals surface area contributed by atoms with E-state index in [2.05, 4.69) is 15.3 Å². The monoisotopic (exact) mass is 634 g/mol. The maximum absolute atomic E-state index is 13.4. The van der Waals surface area contributed by atoms with E-state index in [1.165, 1.54) is 24.3 Å². The first kappa shape index (κ1) is 33.2. The molecule has 4 rings (SSSR count). The van der Waals surface area contributed by atoms with Gasteiger partial charge in [-0.3, -0.25) is 5.73 Å². The van der Waals surface area contributed by atoms with Crippen molar-refractivity contribution in [3.8, 4) is 22.5 Å². The molecule has 4 aromatic rings. The highest BCUT2D eigenvalue weighted by molar-refractivity contribution is 6.29. The number of rotatable bonds is 8. The van der Waals surface area contributed by atoms with Crippen molar-refractivity contribution in [2.45, 2.75) is 44.8 Å². The molecular formula is C31H31Cl3F2N4O2. The zero-order valence-electron chi connectivity index (χ0n) is 23.4. The fourth-order valence-electron chi connectivity index (χ4n) is 4.16. The summed E-state index contributed by atoms with van der Waals surface area (Å²) in [5, 5.41) is 3.29. The van der Waals surface area contributed by atoms with E-state index in [1.807, 2.05) is 33.8 Å². The number of amides is 1. The summed E-state index contributed by atoms with van der Waals surface area (Å²) >= 11 is 12.6. The van der Waals surface area contributed by atoms with E-state index in [4.69, 9.17) is 33.7 Å². The van der Waals surface area contributed by atoms with Crippen LogP contribution >= 0.6 is 35.6 Å². The summed E-state index contributed by atoms with van der Waals surface area (Å²) in [6, 6.07) is 18.9. The maximum atomic E-state index is 13.4. The molecule has 1 unspecified atom stereocenters. The minimum Gasteiger partial charge on any atom is -0.430 e. The molecule has 0 aliphatic carbocycles. The molecule has 0 fully saturated rings. The van der Waals surface area contributed by atoms with Crippen LogP contribution in [0.5, 0.6) is 0 Å². The van der Waals surface area contributed by atoms with Crippen LogP contribution in [0.4, 0.5) is 13.6 Å². The number of carbonyl (C=O) groups is 1. The zero-order chi connectivity index (χ0) is 29.9. The number of pyridine rings is 2. The Morgan fingerprint density at radius 2 is 1.26 bits per heavy atom. The lowest BCUT2D eigenvalue weighted by molar-refractivity contribution is 0.0592. The van der Waals surface area contributed by atoms with Crippen molar-refractivity contribution in [2.75, 3.05) is 6.54 Å². The SMILES string of the molecule is CC(C)(CNC(=O)OC(N)C(C)(C)c1cc(Cl)nc(-c2ccc(F)cc2)c1)c1cc(Cl)nc(-c2ccc(F)cc2)c1.Cl. The summed E-state index contributed by atoms with van der Waals surface area (Å²) in [5.41, 5.74) is 8.97. The van der Waals surface area contributed by atoms with Gasteiger partial charge in [-0.05, 0) is 83.9 Å². The van der Waals surface area contributed by atoms with E-state index < -0.39 is 23.2 Å². The van der Waals surface area contributed by atoms with Gasteiger partial charge in [0.2, 0.25) is 0 Å². The van der Waals surface area contributed by atoms with Crippen molar-refractivity contribution in [1.29, 1.82) is 0 Å². The number of benzene rings is 2. The van der Waals surface area contributed by atoms with Gasteiger partial charge >= 0.3 is 6.09 Å². The highest BCUT2D eigenvalue weighted by atomic mass is 35.5. The standard InChI is InChI=1S/C31H30Cl2F2N4O2.ClH/c1-30(2,20-13-24(38-26(32)15-20)18-5-9-22(34)10-6-18)17-37-29(40)41-28(36)31(3,4)21-14-25(39-27(33)16-21)19-7-11-23(35)12-8-19;/h5-16,28H,17,36H2,1-4H3,(H,37,40);1H. The third kappa shape index (κ3) is 7.95. The number of halogens is 5. The molecule has 0 saturated heterocycles. The molecule has 6 nitrogen and oxygen atoms in total. The number of nitrogens with two attached hydrogens (primary N) is 1. The van der Waals surface area contributed by atoms with E-state index in [1.54, 1.807) is 42.5 Å². The molecule has 0 aliphatic heterocycles. The van der Waals surface area contributed by atoms with E-state index >= 15 is 0 Å². The zero-order valence-corrected chi connectivity index (χ0v) is 25.7. The average molecular weight is 636 g/mol. The summed E-state index contributed by atoms with van der Waals surface area (Å²) in [6.45, 7) is 7.73. The van der Waals surface area contributed by atoms with Crippen LogP contribution in [0, 0.1) is 11.6 Å². The molecular weight excluding hydrogens is 605 g/mol. The van der Waals surface area contributed by atoms with Crippen LogP contribution in [0.3, 0.4) is 0 Å². The van der Waals surface area contributed by atoms with Crippen molar-refractivity contribution >= 4 is 41.7 Å². The van der Waals surface area contributed by atoms with Gasteiger partial charge in [0.25, 0.3) is 0 Å². The molecule has 42 heavy (non-hydrogen) atoms. The second-order valence-electron chi connectivity index (χ2n) is 10.9. The highest BCUT2D eigenvalue weighted by Crippen LogP contribution is 2.33. The number of aromatic nitrogens is 2. The molecule has 11 heteroatoms. The Labute approximate surface area is 260 Å². The Hall–Kier alpha value is -3.30. The predicted octanol–water partition coefficient (Wildman–Crippen LogP) is 8.08. The van der Waals surface area contributed by atoms with Gasteiger partial charge in [-0.15, -0.1) is 12.4 Å². The minimum absolute atomic E-state index is 0. The largest absolute Gasteiger partial charge is 0.430 e. The van der Waals surface area contributed by atoms with Crippen LogP contribution < -0.4 is 11.1 Å². The summed E-state index contributed by atoms with van der Waals surface area (Å²) in [6.07, 6.45) is -1.73. The third-order valence-electron chi connectivity index (χ3n) is 7.01. The van der Waals surface area contributed by atoms with Gasteiger partial charge in [0.15, 0.2) is 6.23 Å².